The summed E-state index contributed by atoms with van der Waals surface area (Å²) in [4.78, 5) is 2.31. The molecule has 0 spiro atoms. The van der Waals surface area contributed by atoms with Crippen molar-refractivity contribution in [3.05, 3.63) is 23.8 Å². The summed E-state index contributed by atoms with van der Waals surface area (Å²) < 4.78 is 0. The Morgan fingerprint density at radius 2 is 2.06 bits per heavy atom. The molecule has 0 unspecified atom stereocenters. The van der Waals surface area contributed by atoms with Crippen LogP contribution in [0.5, 0.6) is 0 Å². The number of hydrogen-bond acceptors (Lipinski definition) is 3. The van der Waals surface area contributed by atoms with Crippen LogP contribution in [0, 0.1) is 6.92 Å². The van der Waals surface area contributed by atoms with Crippen molar-refractivity contribution < 1.29 is 0 Å². The maximum atomic E-state index is 5.85. The molecule has 1 rings (SSSR count). The van der Waals surface area contributed by atoms with Crippen LogP contribution in [0.25, 0.3) is 0 Å². The zero-order chi connectivity index (χ0) is 12.1. The third-order valence-corrected chi connectivity index (χ3v) is 3.04. The van der Waals surface area contributed by atoms with E-state index in [1.54, 1.807) is 0 Å². The predicted octanol–water partition coefficient (Wildman–Crippen LogP) is 2.33. The molecule has 0 saturated carbocycles. The number of hydrogen-bond donors (Lipinski definition) is 2. The van der Waals surface area contributed by atoms with E-state index in [4.69, 9.17) is 5.73 Å². The van der Waals surface area contributed by atoms with E-state index in [1.165, 1.54) is 0 Å². The quantitative estimate of drug-likeness (QED) is 0.750. The Morgan fingerprint density at radius 3 is 2.69 bits per heavy atom. The molecule has 0 bridgehead atoms. The highest BCUT2D eigenvalue weighted by molar-refractivity contribution is 5.62. The number of benzene rings is 1. The highest BCUT2D eigenvalue weighted by Gasteiger charge is 2.03. The first kappa shape index (κ1) is 12.8. The average molecular weight is 221 g/mol. The number of nitrogen functional groups attached to an aromatic ring is 1. The maximum absolute atomic E-state index is 5.85. The van der Waals surface area contributed by atoms with Gasteiger partial charge in [-0.3, -0.25) is 0 Å². The van der Waals surface area contributed by atoms with Crippen LogP contribution < -0.4 is 11.1 Å². The van der Waals surface area contributed by atoms with E-state index in [2.05, 4.69) is 37.2 Å². The smallest absolute Gasteiger partial charge is 0.0391 e. The topological polar surface area (TPSA) is 41.3 Å². The second-order valence-corrected chi connectivity index (χ2v) is 4.52. The summed E-state index contributed by atoms with van der Waals surface area (Å²) in [6.45, 7) is 8.42. The maximum Gasteiger partial charge on any atom is 0.0391 e. The Hall–Kier alpha value is -1.22. The van der Waals surface area contributed by atoms with Gasteiger partial charge in [0.1, 0.15) is 0 Å². The minimum absolute atomic E-state index is 0.587. The molecule has 90 valence electrons. The van der Waals surface area contributed by atoms with Crippen molar-refractivity contribution in [3.8, 4) is 0 Å². The normalized spacial score (nSPS) is 11.1. The number of nitrogens with one attached hydrogen (secondary N) is 1. The molecule has 0 aliphatic rings. The van der Waals surface area contributed by atoms with Gasteiger partial charge in [-0.25, -0.2) is 0 Å². The van der Waals surface area contributed by atoms with Gasteiger partial charge in [-0.05, 0) is 45.5 Å². The van der Waals surface area contributed by atoms with Gasteiger partial charge in [0.15, 0.2) is 0 Å². The number of anilines is 2. The molecule has 3 N–H and O–H groups in total. The van der Waals surface area contributed by atoms with Crippen molar-refractivity contribution in [1.82, 2.24) is 4.90 Å². The van der Waals surface area contributed by atoms with Gasteiger partial charge < -0.3 is 16.0 Å². The SMILES string of the molecule is Cc1c(N)cccc1NCCN(C)C(C)C. The van der Waals surface area contributed by atoms with Crippen molar-refractivity contribution in [2.24, 2.45) is 0 Å². The standard InChI is InChI=1S/C13H23N3/c1-10(2)16(4)9-8-15-13-7-5-6-12(14)11(13)3/h5-7,10,15H,8-9,14H2,1-4H3. The van der Waals surface area contributed by atoms with Gasteiger partial charge in [0.25, 0.3) is 0 Å². The van der Waals surface area contributed by atoms with Crippen molar-refractivity contribution >= 4 is 11.4 Å². The second kappa shape index (κ2) is 5.75. The van der Waals surface area contributed by atoms with Crippen LogP contribution >= 0.6 is 0 Å². The van der Waals surface area contributed by atoms with Crippen molar-refractivity contribution in [2.75, 3.05) is 31.2 Å². The highest BCUT2D eigenvalue weighted by atomic mass is 15.1. The molecule has 0 aliphatic heterocycles. The number of nitrogens with two attached hydrogens (primary N) is 1. The molecule has 1 aromatic carbocycles. The Morgan fingerprint density at radius 1 is 1.38 bits per heavy atom. The van der Waals surface area contributed by atoms with Gasteiger partial charge in [-0.15, -0.1) is 0 Å². The second-order valence-electron chi connectivity index (χ2n) is 4.52. The Bertz CT molecular complexity index is 334. The number of nitrogens with zero attached hydrogens (tertiary/aromatic N) is 1. The van der Waals surface area contributed by atoms with Gasteiger partial charge in [-0.2, -0.15) is 0 Å². The fourth-order valence-electron chi connectivity index (χ4n) is 1.47. The molecular weight excluding hydrogens is 198 g/mol. The zero-order valence-electron chi connectivity index (χ0n) is 10.7. The highest BCUT2D eigenvalue weighted by Crippen LogP contribution is 2.19. The first-order valence-corrected chi connectivity index (χ1v) is 5.81. The van der Waals surface area contributed by atoms with Crippen LogP contribution in [0.15, 0.2) is 18.2 Å². The fraction of sp³-hybridized carbons (Fsp3) is 0.538. The third-order valence-electron chi connectivity index (χ3n) is 3.04. The molecule has 3 heteroatoms. The summed E-state index contributed by atoms with van der Waals surface area (Å²) in [5, 5.41) is 3.42. The molecule has 16 heavy (non-hydrogen) atoms. The minimum atomic E-state index is 0.587. The molecular formula is C13H23N3. The fourth-order valence-corrected chi connectivity index (χ4v) is 1.47. The summed E-state index contributed by atoms with van der Waals surface area (Å²) in [7, 11) is 2.14. The first-order chi connectivity index (χ1) is 7.52. The van der Waals surface area contributed by atoms with Gasteiger partial charge in [-0.1, -0.05) is 6.07 Å². The lowest BCUT2D eigenvalue weighted by atomic mass is 10.1. The molecule has 0 fully saturated rings. The summed E-state index contributed by atoms with van der Waals surface area (Å²) >= 11 is 0. The van der Waals surface area contributed by atoms with E-state index >= 15 is 0 Å². The van der Waals surface area contributed by atoms with Gasteiger partial charge >= 0.3 is 0 Å². The summed E-state index contributed by atoms with van der Waals surface area (Å²) in [5.41, 5.74) is 8.97. The van der Waals surface area contributed by atoms with E-state index in [9.17, 15) is 0 Å². The Labute approximate surface area is 98.6 Å². The summed E-state index contributed by atoms with van der Waals surface area (Å²) in [6, 6.07) is 6.57. The number of rotatable bonds is 5. The van der Waals surface area contributed by atoms with Crippen LogP contribution in [-0.4, -0.2) is 31.1 Å². The largest absolute Gasteiger partial charge is 0.398 e. The third kappa shape index (κ3) is 3.42. The van der Waals surface area contributed by atoms with E-state index in [-0.39, 0.29) is 0 Å². The lowest BCUT2D eigenvalue weighted by Crippen LogP contribution is -2.31. The lowest BCUT2D eigenvalue weighted by molar-refractivity contribution is 0.284. The molecule has 1 aromatic rings. The molecule has 0 aromatic heterocycles. The van der Waals surface area contributed by atoms with E-state index in [0.29, 0.717) is 6.04 Å². The molecule has 0 atom stereocenters. The van der Waals surface area contributed by atoms with Crippen molar-refractivity contribution in [1.29, 1.82) is 0 Å². The first-order valence-electron chi connectivity index (χ1n) is 5.81. The molecule has 0 aliphatic carbocycles. The van der Waals surface area contributed by atoms with Crippen molar-refractivity contribution in [3.63, 3.8) is 0 Å². The average Bonchev–Trinajstić information content (AvgIpc) is 2.24. The minimum Gasteiger partial charge on any atom is -0.398 e. The lowest BCUT2D eigenvalue weighted by Gasteiger charge is -2.21. The van der Waals surface area contributed by atoms with Crippen LogP contribution in [0.3, 0.4) is 0 Å². The summed E-state index contributed by atoms with van der Waals surface area (Å²) in [5.74, 6) is 0. The molecule has 3 nitrogen and oxygen atoms in total. The van der Waals surface area contributed by atoms with Crippen LogP contribution in [0.4, 0.5) is 11.4 Å². The predicted molar refractivity (Wildman–Crippen MR) is 71.8 cm³/mol. The zero-order valence-corrected chi connectivity index (χ0v) is 10.7. The molecule has 0 heterocycles. The molecule has 0 radical (unpaired) electrons. The van der Waals surface area contributed by atoms with Crippen LogP contribution in [-0.2, 0) is 0 Å². The van der Waals surface area contributed by atoms with Crippen molar-refractivity contribution in [2.45, 2.75) is 26.8 Å². The van der Waals surface area contributed by atoms with Gasteiger partial charge in [0.05, 0.1) is 0 Å². The Kier molecular flexibility index (Phi) is 4.62. The van der Waals surface area contributed by atoms with Gasteiger partial charge in [0.2, 0.25) is 0 Å². The van der Waals surface area contributed by atoms with Gasteiger partial charge in [0, 0.05) is 30.5 Å². The van der Waals surface area contributed by atoms with Crippen LogP contribution in [0.2, 0.25) is 0 Å². The summed E-state index contributed by atoms with van der Waals surface area (Å²) in [6.07, 6.45) is 0. The molecule has 0 amide bonds. The molecule has 0 saturated heterocycles. The van der Waals surface area contributed by atoms with E-state index < -0.39 is 0 Å². The number of likely N-dealkylation sites (N-methyl/N-ethyl adjacent to an activating group) is 1. The Balaban J connectivity index is 2.46. The van der Waals surface area contributed by atoms with E-state index in [0.717, 1.165) is 30.0 Å². The van der Waals surface area contributed by atoms with E-state index in [1.807, 2.05) is 19.1 Å². The van der Waals surface area contributed by atoms with Crippen LogP contribution in [0.1, 0.15) is 19.4 Å². The monoisotopic (exact) mass is 221 g/mol.